The summed E-state index contributed by atoms with van der Waals surface area (Å²) in [6.45, 7) is 2.34. The number of unbranched alkanes of at least 4 members (excludes halogenated alkanes) is 1. The largest absolute Gasteiger partial charge is 0.503 e. The Morgan fingerprint density at radius 2 is 2.31 bits per heavy atom. The Morgan fingerprint density at radius 1 is 1.62 bits per heavy atom. The highest BCUT2D eigenvalue weighted by Gasteiger charge is 2.09. The average Bonchev–Trinajstić information content (AvgIpc) is 2.14. The lowest BCUT2D eigenvalue weighted by atomic mass is 10.3. The summed E-state index contributed by atoms with van der Waals surface area (Å²) >= 11 is 0. The molecule has 4 heteroatoms. The number of rotatable bonds is 5. The summed E-state index contributed by atoms with van der Waals surface area (Å²) in [5.74, 6) is -0.627. The van der Waals surface area contributed by atoms with Crippen molar-refractivity contribution < 1.29 is 14.3 Å². The van der Waals surface area contributed by atoms with Gasteiger partial charge in [-0.05, 0) is 6.42 Å². The lowest BCUT2D eigenvalue weighted by molar-refractivity contribution is -0.138. The third kappa shape index (κ3) is 4.86. The predicted octanol–water partition coefficient (Wildman–Crippen LogP) is 1.38. The van der Waals surface area contributed by atoms with Crippen molar-refractivity contribution in [1.29, 1.82) is 5.26 Å². The van der Waals surface area contributed by atoms with Gasteiger partial charge in [-0.1, -0.05) is 13.3 Å². The van der Waals surface area contributed by atoms with Crippen LogP contribution in [0.5, 0.6) is 0 Å². The van der Waals surface area contributed by atoms with Crippen molar-refractivity contribution in [1.82, 2.24) is 0 Å². The molecular weight excluding hydrogens is 170 g/mol. The van der Waals surface area contributed by atoms with Crippen LogP contribution in [0.25, 0.3) is 0 Å². The van der Waals surface area contributed by atoms with Gasteiger partial charge in [-0.15, -0.1) is 0 Å². The second-order valence-corrected chi connectivity index (χ2v) is 2.37. The topological polar surface area (TPSA) is 59.3 Å². The second kappa shape index (κ2) is 7.17. The molecule has 0 aliphatic heterocycles. The smallest absolute Gasteiger partial charge is 0.352 e. The first-order chi connectivity index (χ1) is 6.26. The zero-order valence-electron chi connectivity index (χ0n) is 7.87. The summed E-state index contributed by atoms with van der Waals surface area (Å²) in [5, 5.41) is 8.48. The maximum Gasteiger partial charge on any atom is 0.352 e. The molecule has 72 valence electrons. The molecule has 13 heavy (non-hydrogen) atoms. The van der Waals surface area contributed by atoms with Gasteiger partial charge in [0.15, 0.2) is 5.57 Å². The van der Waals surface area contributed by atoms with E-state index >= 15 is 0 Å². The Morgan fingerprint density at radius 3 is 2.77 bits per heavy atom. The van der Waals surface area contributed by atoms with Crippen LogP contribution in [-0.2, 0) is 14.3 Å². The lowest BCUT2D eigenvalue weighted by Gasteiger charge is -2.01. The summed E-state index contributed by atoms with van der Waals surface area (Å²) in [4.78, 5) is 11.0. The molecular formula is C9H13NO3. The molecule has 0 saturated carbocycles. The molecule has 0 saturated heterocycles. The van der Waals surface area contributed by atoms with E-state index in [2.05, 4.69) is 4.74 Å². The van der Waals surface area contributed by atoms with E-state index in [1.807, 2.05) is 6.92 Å². The van der Waals surface area contributed by atoms with Gasteiger partial charge in [0.2, 0.25) is 0 Å². The maximum absolute atomic E-state index is 11.0. The molecule has 0 radical (unpaired) electrons. The highest BCUT2D eigenvalue weighted by Crippen LogP contribution is 1.98. The summed E-state index contributed by atoms with van der Waals surface area (Å²) < 4.78 is 9.32. The number of ether oxygens (including phenoxy) is 2. The van der Waals surface area contributed by atoms with E-state index in [-0.39, 0.29) is 5.57 Å². The van der Waals surface area contributed by atoms with Gasteiger partial charge in [0.25, 0.3) is 0 Å². The molecule has 0 atom stereocenters. The first-order valence-corrected chi connectivity index (χ1v) is 4.06. The molecule has 0 fully saturated rings. The van der Waals surface area contributed by atoms with Crippen LogP contribution in [0.1, 0.15) is 19.8 Å². The van der Waals surface area contributed by atoms with Gasteiger partial charge >= 0.3 is 5.97 Å². The molecule has 0 aliphatic rings. The van der Waals surface area contributed by atoms with Gasteiger partial charge in [-0.2, -0.15) is 5.26 Å². The minimum absolute atomic E-state index is 0.112. The van der Waals surface area contributed by atoms with Gasteiger partial charge in [0.1, 0.15) is 12.3 Å². The van der Waals surface area contributed by atoms with Crippen LogP contribution in [0, 0.1) is 11.3 Å². The Kier molecular flexibility index (Phi) is 6.34. The molecule has 0 amide bonds. The molecule has 0 unspecified atom stereocenters. The number of esters is 1. The minimum atomic E-state index is -0.627. The first kappa shape index (κ1) is 11.5. The van der Waals surface area contributed by atoms with Crippen molar-refractivity contribution in [2.24, 2.45) is 0 Å². The number of carbonyl (C=O) groups is 1. The fourth-order valence-electron chi connectivity index (χ4n) is 0.625. The van der Waals surface area contributed by atoms with Crippen molar-refractivity contribution >= 4 is 5.97 Å². The minimum Gasteiger partial charge on any atom is -0.503 e. The van der Waals surface area contributed by atoms with Crippen LogP contribution >= 0.6 is 0 Å². The zero-order valence-corrected chi connectivity index (χ0v) is 7.87. The van der Waals surface area contributed by atoms with E-state index in [0.717, 1.165) is 19.1 Å². The van der Waals surface area contributed by atoms with E-state index in [1.54, 1.807) is 6.07 Å². The van der Waals surface area contributed by atoms with Crippen LogP contribution in [0.2, 0.25) is 0 Å². The monoisotopic (exact) mass is 183 g/mol. The third-order valence-electron chi connectivity index (χ3n) is 1.31. The highest BCUT2D eigenvalue weighted by molar-refractivity contribution is 5.92. The molecule has 0 spiro atoms. The van der Waals surface area contributed by atoms with Crippen LogP contribution in [0.4, 0.5) is 0 Å². The standard InChI is InChI=1S/C9H13NO3/c1-3-4-5-13-9(11)8(6-10)7-12-2/h7H,3-5H2,1-2H3/b8-7+. The number of hydrogen-bond acceptors (Lipinski definition) is 4. The molecule has 4 nitrogen and oxygen atoms in total. The summed E-state index contributed by atoms with van der Waals surface area (Å²) in [6, 6.07) is 1.69. The first-order valence-electron chi connectivity index (χ1n) is 4.06. The molecule has 0 heterocycles. The van der Waals surface area contributed by atoms with E-state index in [4.69, 9.17) is 10.00 Å². The Bertz CT molecular complexity index is 228. The Balaban J connectivity index is 3.95. The van der Waals surface area contributed by atoms with Crippen LogP contribution in [-0.4, -0.2) is 19.7 Å². The van der Waals surface area contributed by atoms with Crippen molar-refractivity contribution in [3.63, 3.8) is 0 Å². The van der Waals surface area contributed by atoms with E-state index in [9.17, 15) is 4.79 Å². The molecule has 0 aromatic rings. The fraction of sp³-hybridized carbons (Fsp3) is 0.556. The van der Waals surface area contributed by atoms with Gasteiger partial charge in [-0.25, -0.2) is 4.79 Å². The molecule has 0 aromatic heterocycles. The van der Waals surface area contributed by atoms with Crippen molar-refractivity contribution in [2.45, 2.75) is 19.8 Å². The highest BCUT2D eigenvalue weighted by atomic mass is 16.5. The van der Waals surface area contributed by atoms with Gasteiger partial charge in [-0.3, -0.25) is 0 Å². The number of methoxy groups -OCH3 is 1. The fourth-order valence-corrected chi connectivity index (χ4v) is 0.625. The van der Waals surface area contributed by atoms with Gasteiger partial charge < -0.3 is 9.47 Å². The lowest BCUT2D eigenvalue weighted by Crippen LogP contribution is -2.08. The molecule has 0 aliphatic carbocycles. The number of carbonyl (C=O) groups excluding carboxylic acids is 1. The number of nitrogens with zero attached hydrogens (tertiary/aromatic N) is 1. The van der Waals surface area contributed by atoms with Crippen LogP contribution in [0.15, 0.2) is 11.8 Å². The van der Waals surface area contributed by atoms with E-state index < -0.39 is 5.97 Å². The van der Waals surface area contributed by atoms with Crippen LogP contribution in [0.3, 0.4) is 0 Å². The van der Waals surface area contributed by atoms with Crippen molar-refractivity contribution in [2.75, 3.05) is 13.7 Å². The Labute approximate surface area is 77.8 Å². The molecule has 0 aromatic carbocycles. The zero-order chi connectivity index (χ0) is 10.1. The van der Waals surface area contributed by atoms with E-state index in [1.165, 1.54) is 7.11 Å². The maximum atomic E-state index is 11.0. The second-order valence-electron chi connectivity index (χ2n) is 2.37. The summed E-state index contributed by atoms with van der Waals surface area (Å²) in [7, 11) is 1.37. The molecule has 0 bridgehead atoms. The summed E-state index contributed by atoms with van der Waals surface area (Å²) in [5.41, 5.74) is -0.112. The summed E-state index contributed by atoms with van der Waals surface area (Å²) in [6.07, 6.45) is 2.83. The molecule has 0 rings (SSSR count). The van der Waals surface area contributed by atoms with Crippen molar-refractivity contribution in [3.8, 4) is 6.07 Å². The quantitative estimate of drug-likeness (QED) is 0.212. The molecule has 0 N–H and O–H groups in total. The van der Waals surface area contributed by atoms with Crippen molar-refractivity contribution in [3.05, 3.63) is 11.8 Å². The van der Waals surface area contributed by atoms with Gasteiger partial charge in [0.05, 0.1) is 13.7 Å². The predicted molar refractivity (Wildman–Crippen MR) is 46.6 cm³/mol. The van der Waals surface area contributed by atoms with E-state index in [0.29, 0.717) is 6.61 Å². The number of nitriles is 1. The number of hydrogen-bond donors (Lipinski definition) is 0. The average molecular weight is 183 g/mol. The Hall–Kier alpha value is -1.50. The SMILES string of the molecule is CCCCOC(=O)/C(C#N)=C/OC. The van der Waals surface area contributed by atoms with Gasteiger partial charge in [0, 0.05) is 0 Å². The third-order valence-corrected chi connectivity index (χ3v) is 1.31. The normalized spacial score (nSPS) is 10.4. The van der Waals surface area contributed by atoms with Crippen LogP contribution < -0.4 is 0 Å².